The van der Waals surface area contributed by atoms with E-state index in [9.17, 15) is 28.0 Å². The van der Waals surface area contributed by atoms with Crippen LogP contribution in [0.25, 0.3) is 0 Å². The number of amides is 1. The van der Waals surface area contributed by atoms with E-state index in [4.69, 9.17) is 37.4 Å². The zero-order valence-corrected chi connectivity index (χ0v) is 29.4. The summed E-state index contributed by atoms with van der Waals surface area (Å²) in [6.45, 7) is -0.594. The van der Waals surface area contributed by atoms with E-state index in [1.165, 1.54) is 60.5 Å². The van der Waals surface area contributed by atoms with Crippen LogP contribution in [0.3, 0.4) is 0 Å². The molecule has 4 heterocycles. The van der Waals surface area contributed by atoms with Gasteiger partial charge in [0.05, 0.1) is 24.9 Å². The molecule has 3 aliphatic rings. The number of piperidine rings is 3. The highest BCUT2D eigenvalue weighted by Crippen LogP contribution is 2.36. The maximum atomic E-state index is 14.4. The van der Waals surface area contributed by atoms with Crippen LogP contribution in [-0.2, 0) is 22.4 Å². The number of carbonyl (C=O) groups is 2. The maximum absolute atomic E-state index is 14.4. The molecule has 0 spiro atoms. The van der Waals surface area contributed by atoms with Crippen molar-refractivity contribution in [2.75, 3.05) is 31.6 Å². The Labute approximate surface area is 307 Å². The monoisotopic (exact) mass is 759 g/mol. The smallest absolute Gasteiger partial charge is 0.414 e. The topological polar surface area (TPSA) is 104 Å². The molecule has 2 atom stereocenters. The first-order chi connectivity index (χ1) is 25.0. The number of esters is 1. The molecule has 3 fully saturated rings. The lowest BCUT2D eigenvalue weighted by molar-refractivity contribution is -0.605. The Kier molecular flexibility index (Phi) is 11.6. The summed E-state index contributed by atoms with van der Waals surface area (Å²) in [5.74, 6) is -1.35. The number of hydrogen-bond donors (Lipinski definition) is 0. The fraction of sp³-hybridized carbons (Fsp3) is 0.324. The van der Waals surface area contributed by atoms with Crippen molar-refractivity contribution in [1.29, 1.82) is 0 Å². The highest BCUT2D eigenvalue weighted by Gasteiger charge is 2.37. The van der Waals surface area contributed by atoms with Gasteiger partial charge < -0.3 is 24.2 Å². The highest BCUT2D eigenvalue weighted by molar-refractivity contribution is 6.35. The van der Waals surface area contributed by atoms with Gasteiger partial charge >= 0.3 is 18.7 Å². The summed E-state index contributed by atoms with van der Waals surface area (Å²) < 4.78 is 62.6. The molecule has 0 unspecified atom stereocenters. The van der Waals surface area contributed by atoms with Crippen molar-refractivity contribution in [3.8, 4) is 11.5 Å². The van der Waals surface area contributed by atoms with E-state index in [0.29, 0.717) is 28.0 Å². The number of aromatic nitrogens is 1. The van der Waals surface area contributed by atoms with Crippen molar-refractivity contribution in [1.82, 2.24) is 4.90 Å². The molecular formula is C37H34Cl2F3N3O7. The molecule has 10 nitrogen and oxygen atoms in total. The Morgan fingerprint density at radius 2 is 1.73 bits per heavy atom. The number of nitrogens with zero attached hydrogens (tertiary/aromatic N) is 3. The molecule has 52 heavy (non-hydrogen) atoms. The molecule has 3 aliphatic heterocycles. The van der Waals surface area contributed by atoms with E-state index >= 15 is 0 Å². The SMILES string of the molecule is COc1cc([C@H](Cc2c(Cl)c[n+]([O-])cc2Cl)OC(=O)c2cccc(CN(C(=O)O[C@H]3CN4CCC3CC4)c3cccc(F)c3)c2)ccc1OC(F)F. The molecule has 4 aromatic rings. The van der Waals surface area contributed by atoms with Gasteiger partial charge in [-0.3, -0.25) is 9.80 Å². The summed E-state index contributed by atoms with van der Waals surface area (Å²) in [4.78, 5) is 31.0. The minimum atomic E-state index is -3.11. The van der Waals surface area contributed by atoms with Crippen LogP contribution in [-0.4, -0.2) is 56.4 Å². The van der Waals surface area contributed by atoms with Gasteiger partial charge in [-0.2, -0.15) is 13.5 Å². The first-order valence-corrected chi connectivity index (χ1v) is 17.2. The van der Waals surface area contributed by atoms with Crippen LogP contribution in [0.1, 0.15) is 46.0 Å². The van der Waals surface area contributed by atoms with Crippen molar-refractivity contribution in [2.45, 2.75) is 44.6 Å². The van der Waals surface area contributed by atoms with Gasteiger partial charge in [0, 0.05) is 18.5 Å². The van der Waals surface area contributed by atoms with E-state index in [-0.39, 0.29) is 57.8 Å². The standard InChI is InChI=1S/C37H34Cl2F3N3O7/c1-49-33-15-24(8-9-31(33)51-36(41)42)32(17-28-29(38)19-44(48)20-30(28)39)50-35(46)25-5-2-4-22(14-25)18-45(27-7-3-6-26(40)16-27)37(47)52-34-21-43-12-10-23(34)11-13-43/h2-9,14-16,19-20,23,32,34,36H,10-13,17-18,21H2,1H3/t32-,34-/m0/s1. The zero-order chi connectivity index (χ0) is 36.9. The summed E-state index contributed by atoms with van der Waals surface area (Å²) in [6, 6.07) is 16.0. The molecule has 0 N–H and O–H groups in total. The number of methoxy groups -OCH3 is 1. The van der Waals surface area contributed by atoms with Gasteiger partial charge in [0.25, 0.3) is 0 Å². The first kappa shape index (κ1) is 37.1. The van der Waals surface area contributed by atoms with Crippen LogP contribution in [0.2, 0.25) is 10.0 Å². The molecule has 3 saturated heterocycles. The van der Waals surface area contributed by atoms with Gasteiger partial charge in [-0.05, 0) is 85.4 Å². The molecule has 3 aromatic carbocycles. The van der Waals surface area contributed by atoms with Crippen LogP contribution in [0, 0.1) is 16.9 Å². The Morgan fingerprint density at radius 1 is 1.00 bits per heavy atom. The third-order valence-corrected chi connectivity index (χ3v) is 9.82. The number of anilines is 1. The van der Waals surface area contributed by atoms with Crippen molar-refractivity contribution in [3.63, 3.8) is 0 Å². The van der Waals surface area contributed by atoms with Crippen LogP contribution in [0.4, 0.5) is 23.7 Å². The highest BCUT2D eigenvalue weighted by atomic mass is 35.5. The molecule has 0 aliphatic carbocycles. The van der Waals surface area contributed by atoms with E-state index < -0.39 is 30.6 Å². The first-order valence-electron chi connectivity index (χ1n) is 16.4. The molecule has 0 saturated carbocycles. The summed E-state index contributed by atoms with van der Waals surface area (Å²) >= 11 is 12.7. The van der Waals surface area contributed by atoms with Gasteiger partial charge in [-0.15, -0.1) is 0 Å². The number of halogens is 5. The predicted molar refractivity (Wildman–Crippen MR) is 185 cm³/mol. The normalized spacial score (nSPS) is 18.5. The van der Waals surface area contributed by atoms with E-state index in [2.05, 4.69) is 9.64 Å². The maximum Gasteiger partial charge on any atom is 0.414 e. The summed E-state index contributed by atoms with van der Waals surface area (Å²) in [5, 5.41) is 11.9. The minimum absolute atomic E-state index is 0.0118. The van der Waals surface area contributed by atoms with Crippen LogP contribution < -0.4 is 19.1 Å². The molecular weight excluding hydrogens is 726 g/mol. The molecule has 1 amide bonds. The van der Waals surface area contributed by atoms with Crippen LogP contribution >= 0.6 is 23.2 Å². The molecule has 2 bridgehead atoms. The van der Waals surface area contributed by atoms with E-state index in [1.54, 1.807) is 18.2 Å². The quantitative estimate of drug-likeness (QED) is 0.0821. The fourth-order valence-electron chi connectivity index (χ4n) is 6.54. The molecule has 0 radical (unpaired) electrons. The Morgan fingerprint density at radius 3 is 2.38 bits per heavy atom. The number of pyridine rings is 1. The number of hydrogen-bond acceptors (Lipinski definition) is 8. The second-order valence-corrected chi connectivity index (χ2v) is 13.3. The summed E-state index contributed by atoms with van der Waals surface area (Å²) in [6.07, 6.45) is 1.92. The second kappa shape index (κ2) is 16.3. The lowest BCUT2D eigenvalue weighted by atomic mass is 9.86. The molecule has 15 heteroatoms. The lowest BCUT2D eigenvalue weighted by Gasteiger charge is -2.44. The Hall–Kier alpha value is -4.72. The van der Waals surface area contributed by atoms with Crippen molar-refractivity contribution in [2.24, 2.45) is 5.92 Å². The van der Waals surface area contributed by atoms with Gasteiger partial charge in [0.1, 0.15) is 28.1 Å². The van der Waals surface area contributed by atoms with E-state index in [0.717, 1.165) is 38.3 Å². The Balaban J connectivity index is 1.26. The number of rotatable bonds is 12. The number of fused-ring (bicyclic) bond motifs is 3. The fourth-order valence-corrected chi connectivity index (χ4v) is 7.13. The zero-order valence-electron chi connectivity index (χ0n) is 27.9. The van der Waals surface area contributed by atoms with Gasteiger partial charge in [0.15, 0.2) is 23.9 Å². The largest absolute Gasteiger partial charge is 0.619 e. The molecule has 1 aromatic heterocycles. The van der Waals surface area contributed by atoms with Gasteiger partial charge in [-0.1, -0.05) is 47.5 Å². The average Bonchev–Trinajstić information content (AvgIpc) is 3.12. The van der Waals surface area contributed by atoms with Gasteiger partial charge in [0.2, 0.25) is 0 Å². The summed E-state index contributed by atoms with van der Waals surface area (Å²) in [5.41, 5.74) is 1.52. The number of alkyl halides is 2. The van der Waals surface area contributed by atoms with Crippen molar-refractivity contribution >= 4 is 41.0 Å². The average molecular weight is 761 g/mol. The predicted octanol–water partition coefficient (Wildman–Crippen LogP) is 7.75. The van der Waals surface area contributed by atoms with E-state index in [1.807, 2.05) is 0 Å². The number of carbonyl (C=O) groups excluding carboxylic acids is 2. The van der Waals surface area contributed by atoms with Crippen molar-refractivity contribution < 1.29 is 46.4 Å². The van der Waals surface area contributed by atoms with Crippen molar-refractivity contribution in [3.05, 3.63) is 122 Å². The third-order valence-electron chi connectivity index (χ3n) is 9.16. The Bertz CT molecular complexity index is 1910. The third kappa shape index (κ3) is 8.83. The van der Waals surface area contributed by atoms with Gasteiger partial charge in [-0.25, -0.2) is 14.0 Å². The molecule has 7 rings (SSSR count). The van der Waals surface area contributed by atoms with Crippen LogP contribution in [0.5, 0.6) is 11.5 Å². The van der Waals surface area contributed by atoms with Crippen LogP contribution in [0.15, 0.2) is 79.1 Å². The molecule has 274 valence electrons. The second-order valence-electron chi connectivity index (χ2n) is 12.5. The summed E-state index contributed by atoms with van der Waals surface area (Å²) in [7, 11) is 1.27. The number of ether oxygens (including phenoxy) is 4. The lowest BCUT2D eigenvalue weighted by Crippen LogP contribution is -2.53. The minimum Gasteiger partial charge on any atom is -0.619 e. The number of benzene rings is 3.